The van der Waals surface area contributed by atoms with Crippen molar-refractivity contribution in [2.75, 3.05) is 6.54 Å². The Morgan fingerprint density at radius 3 is 3.60 bits per heavy atom. The fourth-order valence-electron chi connectivity index (χ4n) is 1.22. The number of aromatic nitrogens is 1. The molecule has 1 N–H and O–H groups in total. The predicted molar refractivity (Wildman–Crippen MR) is 36.5 cm³/mol. The van der Waals surface area contributed by atoms with Crippen LogP contribution in [0.1, 0.15) is 17.9 Å². The number of oxazole rings is 1. The van der Waals surface area contributed by atoms with Crippen molar-refractivity contribution < 1.29 is 4.42 Å². The first-order valence-electron chi connectivity index (χ1n) is 3.59. The molecule has 0 unspecified atom stereocenters. The van der Waals surface area contributed by atoms with Gasteiger partial charge >= 0.3 is 0 Å². The maximum Gasteiger partial charge on any atom is 0.181 e. The van der Waals surface area contributed by atoms with Gasteiger partial charge in [0, 0.05) is 0 Å². The van der Waals surface area contributed by atoms with Crippen LogP contribution in [0.2, 0.25) is 0 Å². The van der Waals surface area contributed by atoms with E-state index in [9.17, 15) is 0 Å². The van der Waals surface area contributed by atoms with Gasteiger partial charge in [-0.2, -0.15) is 0 Å². The lowest BCUT2D eigenvalue weighted by molar-refractivity contribution is 0.484. The van der Waals surface area contributed by atoms with Crippen LogP contribution in [0.25, 0.3) is 0 Å². The van der Waals surface area contributed by atoms with Gasteiger partial charge in [0.1, 0.15) is 5.76 Å². The molecule has 3 nitrogen and oxygen atoms in total. The highest BCUT2D eigenvalue weighted by atomic mass is 16.3. The zero-order valence-corrected chi connectivity index (χ0v) is 5.76. The van der Waals surface area contributed by atoms with Gasteiger partial charge in [0.05, 0.1) is 12.2 Å². The number of nitrogens with one attached hydrogen (secondary N) is 1. The van der Waals surface area contributed by atoms with E-state index in [0.717, 1.165) is 31.0 Å². The molecule has 0 fully saturated rings. The van der Waals surface area contributed by atoms with Gasteiger partial charge in [-0.3, -0.25) is 0 Å². The van der Waals surface area contributed by atoms with Crippen molar-refractivity contribution in [2.45, 2.75) is 19.4 Å². The molecule has 0 saturated carbocycles. The van der Waals surface area contributed by atoms with Crippen LogP contribution < -0.4 is 5.32 Å². The van der Waals surface area contributed by atoms with Crippen molar-refractivity contribution in [2.24, 2.45) is 0 Å². The fourth-order valence-corrected chi connectivity index (χ4v) is 1.22. The number of nitrogens with zero attached hydrogens (tertiary/aromatic N) is 1. The molecule has 2 heterocycles. The Labute approximate surface area is 59.4 Å². The molecule has 1 aromatic heterocycles. The van der Waals surface area contributed by atoms with E-state index < -0.39 is 0 Å². The highest BCUT2D eigenvalue weighted by Crippen LogP contribution is 2.10. The third-order valence-electron chi connectivity index (χ3n) is 1.78. The Morgan fingerprint density at radius 2 is 2.60 bits per heavy atom. The van der Waals surface area contributed by atoms with E-state index in [4.69, 9.17) is 4.42 Å². The summed E-state index contributed by atoms with van der Waals surface area (Å²) in [6.45, 7) is 1.92. The van der Waals surface area contributed by atoms with Crippen molar-refractivity contribution in [3.63, 3.8) is 0 Å². The summed E-state index contributed by atoms with van der Waals surface area (Å²) < 4.78 is 5.16. The molecule has 0 saturated heterocycles. The van der Waals surface area contributed by atoms with Gasteiger partial charge in [0.25, 0.3) is 0 Å². The molecule has 3 heteroatoms. The minimum atomic E-state index is 0.843. The minimum absolute atomic E-state index is 0.843. The molecule has 54 valence electrons. The highest BCUT2D eigenvalue weighted by Gasteiger charge is 2.10. The SMILES string of the molecule is c1nc2c(o1)CNCCC2. The Balaban J connectivity index is 2.28. The van der Waals surface area contributed by atoms with Gasteiger partial charge in [0.15, 0.2) is 6.39 Å². The first kappa shape index (κ1) is 5.92. The molecule has 0 aromatic carbocycles. The lowest BCUT2D eigenvalue weighted by atomic mass is 10.2. The van der Waals surface area contributed by atoms with Crippen LogP contribution in [-0.2, 0) is 13.0 Å². The van der Waals surface area contributed by atoms with Crippen molar-refractivity contribution >= 4 is 0 Å². The molecule has 0 aliphatic carbocycles. The standard InChI is InChI=1S/C7H10N2O/c1-2-6-7(4-8-3-1)10-5-9-6/h5,8H,1-4H2. The Bertz CT molecular complexity index is 199. The lowest BCUT2D eigenvalue weighted by Crippen LogP contribution is -2.11. The summed E-state index contributed by atoms with van der Waals surface area (Å²) in [6, 6.07) is 0. The molecular formula is C7H10N2O. The van der Waals surface area contributed by atoms with Crippen molar-refractivity contribution in [1.29, 1.82) is 0 Å². The Hall–Kier alpha value is -0.830. The minimum Gasteiger partial charge on any atom is -0.447 e. The largest absolute Gasteiger partial charge is 0.447 e. The molecule has 0 radical (unpaired) electrons. The third-order valence-corrected chi connectivity index (χ3v) is 1.78. The number of aryl methyl sites for hydroxylation is 1. The van der Waals surface area contributed by atoms with Crippen LogP contribution in [0.15, 0.2) is 10.8 Å². The van der Waals surface area contributed by atoms with Crippen LogP contribution in [0, 0.1) is 0 Å². The number of hydrogen-bond acceptors (Lipinski definition) is 3. The molecule has 0 bridgehead atoms. The summed E-state index contributed by atoms with van der Waals surface area (Å²) in [4.78, 5) is 4.11. The third kappa shape index (κ3) is 0.926. The lowest BCUT2D eigenvalue weighted by Gasteiger charge is -1.93. The summed E-state index contributed by atoms with van der Waals surface area (Å²) in [6.07, 6.45) is 3.75. The van der Waals surface area contributed by atoms with Gasteiger partial charge in [-0.25, -0.2) is 4.98 Å². The Kier molecular flexibility index (Phi) is 1.43. The smallest absolute Gasteiger partial charge is 0.181 e. The average Bonchev–Trinajstić information content (AvgIpc) is 2.28. The van der Waals surface area contributed by atoms with Gasteiger partial charge in [-0.1, -0.05) is 0 Å². The molecule has 1 aliphatic heterocycles. The number of hydrogen-bond donors (Lipinski definition) is 1. The van der Waals surface area contributed by atoms with Crippen molar-refractivity contribution in [3.05, 3.63) is 17.8 Å². The topological polar surface area (TPSA) is 38.1 Å². The molecule has 0 atom stereocenters. The summed E-state index contributed by atoms with van der Waals surface area (Å²) >= 11 is 0. The van der Waals surface area contributed by atoms with Crippen LogP contribution in [0.4, 0.5) is 0 Å². The zero-order valence-electron chi connectivity index (χ0n) is 5.76. The fraction of sp³-hybridized carbons (Fsp3) is 0.571. The first-order valence-corrected chi connectivity index (χ1v) is 3.59. The second kappa shape index (κ2) is 2.42. The van der Waals surface area contributed by atoms with Crippen LogP contribution in [0.3, 0.4) is 0 Å². The second-order valence-electron chi connectivity index (χ2n) is 2.50. The quantitative estimate of drug-likeness (QED) is 0.573. The normalized spacial score (nSPS) is 18.0. The maximum absolute atomic E-state index is 5.16. The van der Waals surface area contributed by atoms with Crippen LogP contribution >= 0.6 is 0 Å². The predicted octanol–water partition coefficient (Wildman–Crippen LogP) is 0.710. The van der Waals surface area contributed by atoms with E-state index in [0.29, 0.717) is 0 Å². The van der Waals surface area contributed by atoms with E-state index in [-0.39, 0.29) is 0 Å². The molecule has 10 heavy (non-hydrogen) atoms. The van der Waals surface area contributed by atoms with Gasteiger partial charge in [-0.15, -0.1) is 0 Å². The van der Waals surface area contributed by atoms with E-state index in [1.165, 1.54) is 12.8 Å². The van der Waals surface area contributed by atoms with E-state index in [1.807, 2.05) is 0 Å². The van der Waals surface area contributed by atoms with Crippen molar-refractivity contribution in [3.8, 4) is 0 Å². The molecule has 2 rings (SSSR count). The second-order valence-corrected chi connectivity index (χ2v) is 2.50. The van der Waals surface area contributed by atoms with Gasteiger partial charge in [-0.05, 0) is 19.4 Å². The average molecular weight is 138 g/mol. The molecule has 0 amide bonds. The van der Waals surface area contributed by atoms with Crippen molar-refractivity contribution in [1.82, 2.24) is 10.3 Å². The maximum atomic E-state index is 5.16. The highest BCUT2D eigenvalue weighted by molar-refractivity contribution is 5.08. The monoisotopic (exact) mass is 138 g/mol. The van der Waals surface area contributed by atoms with Gasteiger partial charge < -0.3 is 9.73 Å². The summed E-state index contributed by atoms with van der Waals surface area (Å²) in [5.41, 5.74) is 1.13. The molecule has 0 spiro atoms. The number of fused-ring (bicyclic) bond motifs is 1. The van der Waals surface area contributed by atoms with E-state index in [1.54, 1.807) is 0 Å². The molecule has 1 aromatic rings. The summed E-state index contributed by atoms with van der Waals surface area (Å²) in [5, 5.41) is 3.26. The summed E-state index contributed by atoms with van der Waals surface area (Å²) in [7, 11) is 0. The first-order chi connectivity index (χ1) is 4.97. The summed E-state index contributed by atoms with van der Waals surface area (Å²) in [5.74, 6) is 1.01. The van der Waals surface area contributed by atoms with E-state index >= 15 is 0 Å². The zero-order chi connectivity index (χ0) is 6.81. The molecular weight excluding hydrogens is 128 g/mol. The molecule has 1 aliphatic rings. The van der Waals surface area contributed by atoms with Crippen LogP contribution in [0.5, 0.6) is 0 Å². The van der Waals surface area contributed by atoms with Crippen LogP contribution in [-0.4, -0.2) is 11.5 Å². The van der Waals surface area contributed by atoms with E-state index in [2.05, 4.69) is 10.3 Å². The van der Waals surface area contributed by atoms with Gasteiger partial charge in [0.2, 0.25) is 0 Å². The Morgan fingerprint density at radius 1 is 1.60 bits per heavy atom. The number of rotatable bonds is 0.